The van der Waals surface area contributed by atoms with E-state index >= 15 is 0 Å². The predicted molar refractivity (Wildman–Crippen MR) is 83.6 cm³/mol. The highest BCUT2D eigenvalue weighted by Gasteiger charge is 2.25. The molecule has 0 unspecified atom stereocenters. The van der Waals surface area contributed by atoms with Gasteiger partial charge in [0.25, 0.3) is 0 Å². The molecule has 120 valence electrons. The van der Waals surface area contributed by atoms with E-state index in [1.165, 1.54) is 17.4 Å². The van der Waals surface area contributed by atoms with Crippen LogP contribution >= 0.6 is 11.3 Å². The molecule has 7 heteroatoms. The summed E-state index contributed by atoms with van der Waals surface area (Å²) in [5.41, 5.74) is 0. The van der Waals surface area contributed by atoms with Crippen LogP contribution in [0, 0.1) is 6.92 Å². The molecule has 1 saturated heterocycles. The van der Waals surface area contributed by atoms with E-state index in [0.717, 1.165) is 9.88 Å². The Kier molecular flexibility index (Phi) is 5.94. The molecule has 1 aromatic rings. The molecular formula is C15H20N2O4S. The molecule has 6 nitrogen and oxygen atoms in total. The summed E-state index contributed by atoms with van der Waals surface area (Å²) in [4.78, 5) is 30.0. The second kappa shape index (κ2) is 7.93. The van der Waals surface area contributed by atoms with Gasteiger partial charge in [0.2, 0.25) is 0 Å². The first-order valence-corrected chi connectivity index (χ1v) is 8.13. The van der Waals surface area contributed by atoms with Gasteiger partial charge in [-0.05, 0) is 19.9 Å². The number of likely N-dealkylation sites (tertiary alicyclic amines) is 1. The van der Waals surface area contributed by atoms with E-state index in [0.29, 0.717) is 32.5 Å². The number of piperidine rings is 1. The molecule has 1 amide bonds. The van der Waals surface area contributed by atoms with E-state index in [4.69, 9.17) is 9.47 Å². The van der Waals surface area contributed by atoms with E-state index in [1.807, 2.05) is 6.92 Å². The van der Waals surface area contributed by atoms with E-state index in [2.05, 4.69) is 4.98 Å². The zero-order chi connectivity index (χ0) is 15.9. The van der Waals surface area contributed by atoms with Gasteiger partial charge in [0, 0.05) is 43.1 Å². The first kappa shape index (κ1) is 16.5. The van der Waals surface area contributed by atoms with Crippen LogP contribution in [0.15, 0.2) is 12.3 Å². The molecule has 0 bridgehead atoms. The van der Waals surface area contributed by atoms with Gasteiger partial charge in [0.1, 0.15) is 6.10 Å². The molecular weight excluding hydrogens is 304 g/mol. The maximum atomic E-state index is 11.8. The first-order valence-electron chi connectivity index (χ1n) is 7.31. The zero-order valence-electron chi connectivity index (χ0n) is 12.8. The van der Waals surface area contributed by atoms with Gasteiger partial charge in [0.05, 0.1) is 11.6 Å². The predicted octanol–water partition coefficient (Wildman–Crippen LogP) is 2.63. The lowest BCUT2D eigenvalue weighted by Crippen LogP contribution is -2.41. The third-order valence-electron chi connectivity index (χ3n) is 3.27. The molecule has 2 rings (SSSR count). The Morgan fingerprint density at radius 3 is 2.77 bits per heavy atom. The van der Waals surface area contributed by atoms with Crippen molar-refractivity contribution < 1.29 is 19.1 Å². The molecule has 1 aliphatic rings. The van der Waals surface area contributed by atoms with Crippen molar-refractivity contribution >= 4 is 29.5 Å². The smallest absolute Gasteiger partial charge is 0.409 e. The van der Waals surface area contributed by atoms with Crippen LogP contribution in [0.1, 0.15) is 29.7 Å². The fourth-order valence-corrected chi connectivity index (χ4v) is 2.87. The molecule has 22 heavy (non-hydrogen) atoms. The van der Waals surface area contributed by atoms with E-state index in [1.54, 1.807) is 24.1 Å². The number of carbonyl (C=O) groups is 2. The van der Waals surface area contributed by atoms with Crippen LogP contribution in [0.3, 0.4) is 0 Å². The normalized spacial score (nSPS) is 16.0. The second-order valence-electron chi connectivity index (χ2n) is 4.94. The number of ether oxygens (including phenoxy) is 2. The number of hydrogen-bond acceptors (Lipinski definition) is 6. The summed E-state index contributed by atoms with van der Waals surface area (Å²) in [6.07, 6.45) is 5.68. The van der Waals surface area contributed by atoms with Gasteiger partial charge >= 0.3 is 12.1 Å². The summed E-state index contributed by atoms with van der Waals surface area (Å²) >= 11 is 1.52. The molecule has 0 atom stereocenters. The van der Waals surface area contributed by atoms with Crippen molar-refractivity contribution in [1.82, 2.24) is 9.88 Å². The van der Waals surface area contributed by atoms with Crippen LogP contribution in [0.5, 0.6) is 0 Å². The number of aromatic nitrogens is 1. The summed E-state index contributed by atoms with van der Waals surface area (Å²) in [7, 11) is 0. The Bertz CT molecular complexity index is 547. The minimum atomic E-state index is -0.361. The van der Waals surface area contributed by atoms with Gasteiger partial charge in [-0.15, -0.1) is 11.3 Å². The minimum Gasteiger partial charge on any atom is -0.459 e. The molecule has 1 aliphatic heterocycles. The Morgan fingerprint density at radius 2 is 2.18 bits per heavy atom. The van der Waals surface area contributed by atoms with Gasteiger partial charge < -0.3 is 14.4 Å². The summed E-state index contributed by atoms with van der Waals surface area (Å²) in [5.74, 6) is -0.361. The highest BCUT2D eigenvalue weighted by atomic mass is 32.1. The number of esters is 1. The van der Waals surface area contributed by atoms with Crippen molar-refractivity contribution in [3.63, 3.8) is 0 Å². The lowest BCUT2D eigenvalue weighted by atomic mass is 10.1. The summed E-state index contributed by atoms with van der Waals surface area (Å²) in [5, 5.41) is 0.958. The van der Waals surface area contributed by atoms with Crippen molar-refractivity contribution in [1.29, 1.82) is 0 Å². The van der Waals surface area contributed by atoms with Crippen LogP contribution in [-0.2, 0) is 14.3 Å². The number of hydrogen-bond donors (Lipinski definition) is 0. The highest BCUT2D eigenvalue weighted by molar-refractivity contribution is 7.12. The van der Waals surface area contributed by atoms with Crippen molar-refractivity contribution in [3.8, 4) is 0 Å². The Morgan fingerprint density at radius 1 is 1.45 bits per heavy atom. The SMILES string of the molecule is CCOC(=O)N1CCC(OC(=O)/C=C\c2cnc(C)s2)CC1. The van der Waals surface area contributed by atoms with Gasteiger partial charge in [-0.25, -0.2) is 14.6 Å². The average Bonchev–Trinajstić information content (AvgIpc) is 2.92. The van der Waals surface area contributed by atoms with Crippen LogP contribution < -0.4 is 0 Å². The standard InChI is InChI=1S/C15H20N2O4S/c1-3-20-15(19)17-8-6-12(7-9-17)21-14(18)5-4-13-10-16-11(2)22-13/h4-5,10,12H,3,6-9H2,1-2H3/b5-4-. The zero-order valence-corrected chi connectivity index (χ0v) is 13.6. The molecule has 2 heterocycles. The van der Waals surface area contributed by atoms with Crippen LogP contribution in [0.25, 0.3) is 6.08 Å². The van der Waals surface area contributed by atoms with Gasteiger partial charge in [-0.1, -0.05) is 0 Å². The van der Waals surface area contributed by atoms with Crippen molar-refractivity contribution in [2.45, 2.75) is 32.8 Å². The number of rotatable bonds is 4. The third kappa shape index (κ3) is 4.84. The first-order chi connectivity index (χ1) is 10.6. The Hall–Kier alpha value is -1.89. The number of amides is 1. The van der Waals surface area contributed by atoms with Crippen LogP contribution in [0.2, 0.25) is 0 Å². The summed E-state index contributed by atoms with van der Waals surface area (Å²) < 4.78 is 10.3. The van der Waals surface area contributed by atoms with Gasteiger partial charge in [-0.3, -0.25) is 0 Å². The molecule has 0 radical (unpaired) electrons. The largest absolute Gasteiger partial charge is 0.459 e. The molecule has 1 aromatic heterocycles. The lowest BCUT2D eigenvalue weighted by Gasteiger charge is -2.30. The van der Waals surface area contributed by atoms with Crippen molar-refractivity contribution in [2.75, 3.05) is 19.7 Å². The molecule has 0 N–H and O–H groups in total. The average molecular weight is 324 g/mol. The number of nitrogens with zero attached hydrogens (tertiary/aromatic N) is 2. The lowest BCUT2D eigenvalue weighted by molar-refractivity contribution is -0.144. The maximum Gasteiger partial charge on any atom is 0.409 e. The van der Waals surface area contributed by atoms with Gasteiger partial charge in [0.15, 0.2) is 0 Å². The van der Waals surface area contributed by atoms with Crippen molar-refractivity contribution in [2.24, 2.45) is 0 Å². The molecule has 0 spiro atoms. The quantitative estimate of drug-likeness (QED) is 0.629. The molecule has 0 aromatic carbocycles. The topological polar surface area (TPSA) is 68.7 Å². The van der Waals surface area contributed by atoms with Crippen molar-refractivity contribution in [3.05, 3.63) is 22.2 Å². The molecule has 0 aliphatic carbocycles. The fraction of sp³-hybridized carbons (Fsp3) is 0.533. The number of carbonyl (C=O) groups excluding carboxylic acids is 2. The summed E-state index contributed by atoms with van der Waals surface area (Å²) in [6, 6.07) is 0. The highest BCUT2D eigenvalue weighted by Crippen LogP contribution is 2.16. The van der Waals surface area contributed by atoms with Crippen LogP contribution in [0.4, 0.5) is 4.79 Å². The van der Waals surface area contributed by atoms with E-state index in [-0.39, 0.29) is 18.2 Å². The second-order valence-corrected chi connectivity index (χ2v) is 6.20. The number of aryl methyl sites for hydroxylation is 1. The number of thiazole rings is 1. The fourth-order valence-electron chi connectivity index (χ4n) is 2.18. The van der Waals surface area contributed by atoms with Crippen LogP contribution in [-0.4, -0.2) is 47.7 Å². The van der Waals surface area contributed by atoms with Gasteiger partial charge in [-0.2, -0.15) is 0 Å². The van der Waals surface area contributed by atoms with E-state index < -0.39 is 0 Å². The summed E-state index contributed by atoms with van der Waals surface area (Å²) in [6.45, 7) is 5.17. The Balaban J connectivity index is 1.74. The van der Waals surface area contributed by atoms with E-state index in [9.17, 15) is 9.59 Å². The molecule has 1 fully saturated rings. The minimum absolute atomic E-state index is 0.147. The maximum absolute atomic E-state index is 11.8. The molecule has 0 saturated carbocycles. The third-order valence-corrected chi connectivity index (χ3v) is 4.15. The Labute approximate surface area is 133 Å². The monoisotopic (exact) mass is 324 g/mol.